The quantitative estimate of drug-likeness (QED) is 0.574. The maximum Gasteiger partial charge on any atom is 0.193 e. The van der Waals surface area contributed by atoms with Crippen LogP contribution in [-0.2, 0) is 9.47 Å². The standard InChI is InChI=1S/C15H28N4O2/c1-16-14(17-9-13-10-18(2)6-8-21-13)19-5-3-15(11-19)4-7-20-12-15/h13H,3-12H2,1-2H3,(H,16,17). The summed E-state index contributed by atoms with van der Waals surface area (Å²) in [4.78, 5) is 9.14. The molecule has 3 aliphatic heterocycles. The molecule has 2 unspecified atom stereocenters. The number of morpholine rings is 1. The lowest BCUT2D eigenvalue weighted by Gasteiger charge is -2.31. The van der Waals surface area contributed by atoms with E-state index < -0.39 is 0 Å². The third-order valence-electron chi connectivity index (χ3n) is 4.96. The number of rotatable bonds is 2. The molecule has 0 aromatic carbocycles. The molecule has 1 N–H and O–H groups in total. The van der Waals surface area contributed by atoms with Crippen LogP contribution in [-0.4, -0.2) is 88.5 Å². The molecule has 0 bridgehead atoms. The molecule has 1 spiro atoms. The van der Waals surface area contributed by atoms with Crippen molar-refractivity contribution >= 4 is 5.96 Å². The molecule has 3 heterocycles. The van der Waals surface area contributed by atoms with Crippen LogP contribution in [0.3, 0.4) is 0 Å². The van der Waals surface area contributed by atoms with E-state index >= 15 is 0 Å². The molecular formula is C15H28N4O2. The van der Waals surface area contributed by atoms with E-state index in [2.05, 4.69) is 27.2 Å². The fourth-order valence-corrected chi connectivity index (χ4v) is 3.61. The van der Waals surface area contributed by atoms with E-state index in [4.69, 9.17) is 9.47 Å². The van der Waals surface area contributed by atoms with Crippen LogP contribution in [0.4, 0.5) is 0 Å². The highest BCUT2D eigenvalue weighted by Gasteiger charge is 2.42. The minimum atomic E-state index is 0.256. The van der Waals surface area contributed by atoms with Crippen LogP contribution < -0.4 is 5.32 Å². The minimum Gasteiger partial charge on any atom is -0.381 e. The summed E-state index contributed by atoms with van der Waals surface area (Å²) in [6, 6.07) is 0. The molecule has 6 nitrogen and oxygen atoms in total. The largest absolute Gasteiger partial charge is 0.381 e. The highest BCUT2D eigenvalue weighted by molar-refractivity contribution is 5.80. The van der Waals surface area contributed by atoms with Crippen LogP contribution in [0.2, 0.25) is 0 Å². The number of hydrogen-bond acceptors (Lipinski definition) is 4. The molecule has 3 fully saturated rings. The fourth-order valence-electron chi connectivity index (χ4n) is 3.61. The van der Waals surface area contributed by atoms with Crippen LogP contribution >= 0.6 is 0 Å². The van der Waals surface area contributed by atoms with Gasteiger partial charge in [-0.05, 0) is 19.9 Å². The minimum absolute atomic E-state index is 0.256. The van der Waals surface area contributed by atoms with Crippen LogP contribution in [0, 0.1) is 5.41 Å². The van der Waals surface area contributed by atoms with Gasteiger partial charge in [0.2, 0.25) is 0 Å². The Morgan fingerprint density at radius 2 is 2.24 bits per heavy atom. The Balaban J connectivity index is 1.49. The van der Waals surface area contributed by atoms with Crippen molar-refractivity contribution in [3.8, 4) is 0 Å². The Morgan fingerprint density at radius 3 is 2.95 bits per heavy atom. The lowest BCUT2D eigenvalue weighted by Crippen LogP contribution is -2.49. The Hall–Kier alpha value is -0.850. The summed E-state index contributed by atoms with van der Waals surface area (Å²) in [7, 11) is 4.01. The van der Waals surface area contributed by atoms with Gasteiger partial charge < -0.3 is 24.6 Å². The van der Waals surface area contributed by atoms with Gasteiger partial charge in [0.05, 0.1) is 19.3 Å². The second-order valence-electron chi connectivity index (χ2n) is 6.66. The van der Waals surface area contributed by atoms with E-state index in [1.54, 1.807) is 0 Å². The SMILES string of the molecule is CN=C(NCC1CN(C)CCO1)N1CCC2(CCOC2)C1. The number of likely N-dealkylation sites (N-methyl/N-ethyl adjacent to an activating group) is 1. The molecule has 21 heavy (non-hydrogen) atoms. The molecule has 6 heteroatoms. The molecule has 0 aliphatic carbocycles. The highest BCUT2D eigenvalue weighted by atomic mass is 16.5. The van der Waals surface area contributed by atoms with Gasteiger partial charge in [-0.3, -0.25) is 4.99 Å². The first-order valence-electron chi connectivity index (χ1n) is 8.04. The third kappa shape index (κ3) is 3.49. The predicted octanol–water partition coefficient (Wildman–Crippen LogP) is 0.00480. The molecule has 0 amide bonds. The van der Waals surface area contributed by atoms with Crippen molar-refractivity contribution in [2.45, 2.75) is 18.9 Å². The van der Waals surface area contributed by atoms with Crippen molar-refractivity contribution < 1.29 is 9.47 Å². The number of nitrogens with zero attached hydrogens (tertiary/aromatic N) is 3. The van der Waals surface area contributed by atoms with Crippen LogP contribution in [0.25, 0.3) is 0 Å². The van der Waals surface area contributed by atoms with Gasteiger partial charge in [-0.15, -0.1) is 0 Å². The van der Waals surface area contributed by atoms with Crippen molar-refractivity contribution in [3.05, 3.63) is 0 Å². The Labute approximate surface area is 127 Å². The van der Waals surface area contributed by atoms with Crippen LogP contribution in [0.1, 0.15) is 12.8 Å². The van der Waals surface area contributed by atoms with Crippen molar-refractivity contribution in [2.24, 2.45) is 10.4 Å². The van der Waals surface area contributed by atoms with E-state index in [-0.39, 0.29) is 6.10 Å². The van der Waals surface area contributed by atoms with E-state index in [9.17, 15) is 0 Å². The Morgan fingerprint density at radius 1 is 1.33 bits per heavy atom. The topological polar surface area (TPSA) is 49.3 Å². The lowest BCUT2D eigenvalue weighted by atomic mass is 9.87. The average molecular weight is 296 g/mol. The zero-order valence-electron chi connectivity index (χ0n) is 13.3. The van der Waals surface area contributed by atoms with Gasteiger partial charge in [0, 0.05) is 51.8 Å². The van der Waals surface area contributed by atoms with Gasteiger partial charge in [0.25, 0.3) is 0 Å². The second-order valence-corrected chi connectivity index (χ2v) is 6.66. The molecule has 2 atom stereocenters. The predicted molar refractivity (Wildman–Crippen MR) is 82.7 cm³/mol. The number of hydrogen-bond donors (Lipinski definition) is 1. The van der Waals surface area contributed by atoms with Gasteiger partial charge in [-0.25, -0.2) is 0 Å². The zero-order valence-corrected chi connectivity index (χ0v) is 13.3. The number of nitrogens with one attached hydrogen (secondary N) is 1. The number of aliphatic imine (C=N–C) groups is 1. The summed E-state index contributed by atoms with van der Waals surface area (Å²) in [5.74, 6) is 1.01. The second kappa shape index (κ2) is 6.50. The summed E-state index contributed by atoms with van der Waals surface area (Å²) in [6.45, 7) is 7.65. The smallest absolute Gasteiger partial charge is 0.193 e. The molecular weight excluding hydrogens is 268 g/mol. The van der Waals surface area contributed by atoms with E-state index in [1.807, 2.05) is 7.05 Å². The van der Waals surface area contributed by atoms with Gasteiger partial charge >= 0.3 is 0 Å². The lowest BCUT2D eigenvalue weighted by molar-refractivity contribution is -0.0163. The molecule has 0 aromatic rings. The first-order valence-corrected chi connectivity index (χ1v) is 8.04. The number of likely N-dealkylation sites (tertiary alicyclic amines) is 1. The van der Waals surface area contributed by atoms with Crippen LogP contribution in [0.15, 0.2) is 4.99 Å². The highest BCUT2D eigenvalue weighted by Crippen LogP contribution is 2.38. The summed E-state index contributed by atoms with van der Waals surface area (Å²) in [5, 5.41) is 3.49. The normalized spacial score (nSPS) is 34.9. The summed E-state index contributed by atoms with van der Waals surface area (Å²) in [5.41, 5.74) is 0.374. The van der Waals surface area contributed by atoms with E-state index in [1.165, 1.54) is 12.8 Å². The monoisotopic (exact) mass is 296 g/mol. The van der Waals surface area contributed by atoms with Gasteiger partial charge in [-0.1, -0.05) is 0 Å². The molecule has 3 aliphatic rings. The van der Waals surface area contributed by atoms with Gasteiger partial charge in [0.15, 0.2) is 5.96 Å². The van der Waals surface area contributed by atoms with Gasteiger partial charge in [-0.2, -0.15) is 0 Å². The molecule has 3 saturated heterocycles. The fraction of sp³-hybridized carbons (Fsp3) is 0.933. The van der Waals surface area contributed by atoms with Gasteiger partial charge in [0.1, 0.15) is 0 Å². The maximum absolute atomic E-state index is 5.80. The number of ether oxygens (including phenoxy) is 2. The van der Waals surface area contributed by atoms with E-state index in [0.717, 1.165) is 58.5 Å². The van der Waals surface area contributed by atoms with Crippen LogP contribution in [0.5, 0.6) is 0 Å². The maximum atomic E-state index is 5.80. The van der Waals surface area contributed by atoms with Crippen molar-refractivity contribution in [3.63, 3.8) is 0 Å². The summed E-state index contributed by atoms with van der Waals surface area (Å²) in [6.07, 6.45) is 2.67. The zero-order chi connectivity index (χ0) is 14.7. The summed E-state index contributed by atoms with van der Waals surface area (Å²) < 4.78 is 11.4. The first kappa shape index (κ1) is 15.1. The molecule has 0 aromatic heterocycles. The van der Waals surface area contributed by atoms with Crippen molar-refractivity contribution in [1.29, 1.82) is 0 Å². The van der Waals surface area contributed by atoms with E-state index in [0.29, 0.717) is 5.41 Å². The molecule has 0 radical (unpaired) electrons. The van der Waals surface area contributed by atoms with Crippen molar-refractivity contribution in [2.75, 3.05) is 66.6 Å². The third-order valence-corrected chi connectivity index (χ3v) is 4.96. The molecule has 0 saturated carbocycles. The molecule has 3 rings (SSSR count). The first-order chi connectivity index (χ1) is 10.2. The molecule has 120 valence electrons. The van der Waals surface area contributed by atoms with Crippen molar-refractivity contribution in [1.82, 2.24) is 15.1 Å². The Bertz CT molecular complexity index is 382. The Kier molecular flexibility index (Phi) is 4.66. The average Bonchev–Trinajstić information content (AvgIpc) is 3.11. The summed E-state index contributed by atoms with van der Waals surface area (Å²) >= 11 is 0. The number of guanidine groups is 1.